The number of aryl methyl sites for hydroxylation is 1. The lowest BCUT2D eigenvalue weighted by molar-refractivity contribution is -0.205. The molecule has 84 heavy (non-hydrogen) atoms. The number of phenols is 2. The number of carbonyl (C=O) groups excluding carboxylic acids is 4. The van der Waals surface area contributed by atoms with Crippen LogP contribution in [0.1, 0.15) is 103 Å². The highest BCUT2D eigenvalue weighted by molar-refractivity contribution is 7.99. The normalized spacial score (nSPS) is 33.8. The SMILES string of the molecule is CCC[C@@H]1C[C@@H](C(=O)N[C@@H]([C@H]2O[C@H](SC)[C@H](O)[C@@H](O)[C@H]2O)[C@H](C)Cl)N(C)C1.CO[C@H]1/C=C/O[C@@]2(C)Oc3c(C)c(O)c4c(O)c(c5c(nc6cc(C)ccn65)c4c3C2=O)NC(=O)/C(C)=C\C=C\[C@H](C)[C@H](O)[C@@H](C)[C@@H](O)[C@@H](C)[C@H](OC(C)=O)[C@@H]1C. The second-order valence-electron chi connectivity index (χ2n) is 23.3. The molecule has 18 atom stereocenters. The maximum Gasteiger partial charge on any atom is 0.312 e. The number of ether oxygens (including phenoxy) is 5. The second-order valence-corrected chi connectivity index (χ2v) is 25.0. The third-order valence-corrected chi connectivity index (χ3v) is 18.3. The molecule has 4 aliphatic rings. The number of aliphatic hydroxyl groups is 5. The summed E-state index contributed by atoms with van der Waals surface area (Å²) in [5.41, 5.74) is 1.48. The van der Waals surface area contributed by atoms with E-state index < -0.39 is 119 Å². The minimum atomic E-state index is -1.96. The number of amides is 2. The van der Waals surface area contributed by atoms with E-state index in [1.54, 1.807) is 76.6 Å². The van der Waals surface area contributed by atoms with E-state index in [0.717, 1.165) is 31.4 Å². The first-order valence-corrected chi connectivity index (χ1v) is 30.3. The van der Waals surface area contributed by atoms with Gasteiger partial charge in [-0.3, -0.25) is 28.5 Å². The predicted molar refractivity (Wildman–Crippen MR) is 320 cm³/mol. The lowest BCUT2D eigenvalue weighted by Crippen LogP contribution is -2.65. The van der Waals surface area contributed by atoms with Gasteiger partial charge in [0.15, 0.2) is 5.75 Å². The van der Waals surface area contributed by atoms with Gasteiger partial charge in [0.05, 0.1) is 53.0 Å². The van der Waals surface area contributed by atoms with E-state index in [2.05, 4.69) is 17.6 Å². The van der Waals surface area contributed by atoms with Crippen LogP contribution < -0.4 is 15.4 Å². The van der Waals surface area contributed by atoms with Crippen LogP contribution in [0.4, 0.5) is 5.69 Å². The van der Waals surface area contributed by atoms with Crippen molar-refractivity contribution in [3.05, 3.63) is 71.2 Å². The molecule has 23 heteroatoms. The Morgan fingerprint density at radius 2 is 1.67 bits per heavy atom. The number of nitrogens with one attached hydrogen (secondary N) is 2. The molecule has 0 unspecified atom stereocenters. The molecule has 0 radical (unpaired) electrons. The standard InChI is InChI=1S/C43H51N3O11.C18H33ClN2O5S/c1-19-14-16-46-28(18-19)44-32-29-30-37(50)25(7)40-31(29)41(52)43(9,57-40)55-17-15-27(54-10)22(4)39(56-26(8)47)24(6)36(49)23(5)35(48)20(2)12-11-13-21(3)42(53)45-33(34(32)46)38(30)51;1-5-6-10-7-11(21(3)8-10)17(25)20-12(9(2)19)16-14(23)13(22)15(24)18(26-16)27-4/h11-18,20,22-24,27,35-36,39,48-51H,1-10H3,(H,45,53);9-16,18,22-24H,5-8H2,1-4H3,(H,20,25)/b12-11+,17-15+,21-13-;/t20-,22+,23+,24+,27-,35-,36+,39+,43-;9-,10+,11-,12+,13-,14+,15+,16+,18+/m00/s1. The number of phenolic OH excluding ortho intramolecular Hbond substituents is 2. The van der Waals surface area contributed by atoms with Crippen LogP contribution in [0.25, 0.3) is 27.5 Å². The first kappa shape index (κ1) is 66.0. The number of methoxy groups -OCH3 is 1. The summed E-state index contributed by atoms with van der Waals surface area (Å²) in [6.45, 7) is 19.4. The van der Waals surface area contributed by atoms with Gasteiger partial charge < -0.3 is 70.1 Å². The topological polar surface area (TPSA) is 301 Å². The number of alkyl halides is 1. The number of Topliss-reactive ketones (excluding diaryl/α,β-unsaturated/α-hetero) is 1. The molecule has 2 saturated heterocycles. The monoisotopic (exact) mass is 1210 g/mol. The Bertz CT molecular complexity index is 3190. The predicted octanol–water partition coefficient (Wildman–Crippen LogP) is 6.55. The summed E-state index contributed by atoms with van der Waals surface area (Å²) in [4.78, 5) is 60.5. The molecule has 4 bridgehead atoms. The number of rotatable bonds is 9. The van der Waals surface area contributed by atoms with Crippen molar-refractivity contribution in [2.75, 3.05) is 32.3 Å². The van der Waals surface area contributed by atoms with Crippen molar-refractivity contribution in [2.45, 2.75) is 173 Å². The van der Waals surface area contributed by atoms with Crippen molar-refractivity contribution in [2.24, 2.45) is 29.6 Å². The Morgan fingerprint density at radius 3 is 2.30 bits per heavy atom. The molecule has 2 aromatic heterocycles. The van der Waals surface area contributed by atoms with Crippen LogP contribution in [0.3, 0.4) is 0 Å². The molecule has 8 rings (SSSR count). The van der Waals surface area contributed by atoms with Gasteiger partial charge in [-0.25, -0.2) is 4.98 Å². The first-order chi connectivity index (χ1) is 39.5. The summed E-state index contributed by atoms with van der Waals surface area (Å²) >= 11 is 7.55. The van der Waals surface area contributed by atoms with Gasteiger partial charge in [0.25, 0.3) is 11.7 Å². The van der Waals surface area contributed by atoms with Crippen LogP contribution in [-0.2, 0) is 33.3 Å². The zero-order valence-corrected chi connectivity index (χ0v) is 51.8. The number of imidazole rings is 1. The summed E-state index contributed by atoms with van der Waals surface area (Å²) in [5, 5.41) is 82.4. The van der Waals surface area contributed by atoms with E-state index in [1.165, 1.54) is 52.0 Å². The average molecular weight is 1210 g/mol. The van der Waals surface area contributed by atoms with E-state index in [9.17, 15) is 54.9 Å². The van der Waals surface area contributed by atoms with Crippen molar-refractivity contribution in [3.63, 3.8) is 0 Å². The van der Waals surface area contributed by atoms with E-state index in [4.69, 9.17) is 40.3 Å². The van der Waals surface area contributed by atoms with Gasteiger partial charge in [0.1, 0.15) is 69.8 Å². The van der Waals surface area contributed by atoms with E-state index in [0.29, 0.717) is 11.6 Å². The molecular formula is C61H84ClN5O16S. The van der Waals surface area contributed by atoms with Crippen molar-refractivity contribution in [3.8, 4) is 17.2 Å². The van der Waals surface area contributed by atoms with Gasteiger partial charge in [0.2, 0.25) is 5.91 Å². The number of ketones is 1. The summed E-state index contributed by atoms with van der Waals surface area (Å²) in [6, 6.07) is 2.70. The lowest BCUT2D eigenvalue weighted by Gasteiger charge is -2.44. The number of likely N-dealkylation sites (tertiary alicyclic amines) is 1. The first-order valence-electron chi connectivity index (χ1n) is 28.5. The fraction of sp³-hybridized carbons (Fsp3) is 0.590. The summed E-state index contributed by atoms with van der Waals surface area (Å²) < 4.78 is 31.3. The molecule has 4 aliphatic heterocycles. The quantitative estimate of drug-likeness (QED) is 0.0488. The number of aliphatic hydroxyl groups excluding tert-OH is 5. The van der Waals surface area contributed by atoms with Crippen LogP contribution in [0.2, 0.25) is 0 Å². The number of allylic oxidation sites excluding steroid dienone is 2. The fourth-order valence-corrected chi connectivity index (χ4v) is 13.0. The number of halogens is 1. The molecule has 2 fully saturated rings. The Hall–Kier alpha value is -5.53. The summed E-state index contributed by atoms with van der Waals surface area (Å²) in [5.74, 6) is -6.61. The van der Waals surface area contributed by atoms with Crippen LogP contribution in [0.15, 0.2) is 54.5 Å². The Kier molecular flexibility index (Phi) is 21.2. The van der Waals surface area contributed by atoms with Crippen molar-refractivity contribution in [1.82, 2.24) is 19.6 Å². The average Bonchev–Trinajstić information content (AvgIpc) is 1.52. The van der Waals surface area contributed by atoms with Crippen LogP contribution in [0.5, 0.6) is 17.2 Å². The summed E-state index contributed by atoms with van der Waals surface area (Å²) in [6.07, 6.45) is 5.52. The number of pyridine rings is 1. The lowest BCUT2D eigenvalue weighted by atomic mass is 9.78. The third-order valence-electron chi connectivity index (χ3n) is 17.2. The minimum absolute atomic E-state index is 0.0185. The second kappa shape index (κ2) is 27.0. The van der Waals surface area contributed by atoms with Crippen molar-refractivity contribution < 1.29 is 78.6 Å². The number of fused-ring (bicyclic) bond motifs is 2. The highest BCUT2D eigenvalue weighted by Gasteiger charge is 2.51. The van der Waals surface area contributed by atoms with E-state index in [-0.39, 0.29) is 67.6 Å². The Balaban J connectivity index is 0.000000314. The van der Waals surface area contributed by atoms with Crippen molar-refractivity contribution >= 4 is 80.1 Å². The molecule has 2 amide bonds. The number of esters is 1. The maximum atomic E-state index is 14.6. The Morgan fingerprint density at radius 1 is 0.976 bits per heavy atom. The molecule has 2 aromatic carbocycles. The smallest absolute Gasteiger partial charge is 0.312 e. The minimum Gasteiger partial charge on any atom is -0.507 e. The van der Waals surface area contributed by atoms with Gasteiger partial charge in [-0.2, -0.15) is 0 Å². The fourth-order valence-electron chi connectivity index (χ4n) is 12.1. The van der Waals surface area contributed by atoms with E-state index in [1.807, 2.05) is 31.0 Å². The van der Waals surface area contributed by atoms with Gasteiger partial charge in [0, 0.05) is 73.9 Å². The number of aromatic hydroxyl groups is 2. The number of nitrogens with zero attached hydrogens (tertiary/aromatic N) is 3. The highest BCUT2D eigenvalue weighted by atomic mass is 35.5. The molecule has 462 valence electrons. The highest BCUT2D eigenvalue weighted by Crippen LogP contribution is 2.54. The number of anilines is 1. The van der Waals surface area contributed by atoms with Crippen LogP contribution >= 0.6 is 23.4 Å². The van der Waals surface area contributed by atoms with Gasteiger partial charge in [-0.15, -0.1) is 23.4 Å². The van der Waals surface area contributed by atoms with Gasteiger partial charge >= 0.3 is 11.8 Å². The molecule has 21 nitrogen and oxygen atoms in total. The van der Waals surface area contributed by atoms with E-state index >= 15 is 0 Å². The number of carbonyl (C=O) groups is 4. The van der Waals surface area contributed by atoms with Gasteiger partial charge in [-0.05, 0) is 83.5 Å². The summed E-state index contributed by atoms with van der Waals surface area (Å²) in [7, 11) is 3.40. The molecule has 4 aromatic rings. The number of benzene rings is 2. The molecule has 0 aliphatic carbocycles. The molecular weight excluding hydrogens is 1130 g/mol. The maximum absolute atomic E-state index is 14.6. The largest absolute Gasteiger partial charge is 0.507 e. The Labute approximate surface area is 499 Å². The van der Waals surface area contributed by atoms with Gasteiger partial charge in [-0.1, -0.05) is 59.3 Å². The molecule has 0 saturated carbocycles. The molecule has 0 spiro atoms. The number of thioether (sulfide) groups is 1. The molecule has 9 N–H and O–H groups in total. The number of likely N-dealkylation sites (N-methyl/N-ethyl adjacent to an activating group) is 1. The zero-order valence-electron chi connectivity index (χ0n) is 50.2. The van der Waals surface area contributed by atoms with Crippen LogP contribution in [-0.4, -0.2) is 178 Å². The number of aromatic nitrogens is 2. The number of hydrogen-bond acceptors (Lipinski definition) is 19. The van der Waals surface area contributed by atoms with Crippen LogP contribution in [0, 0.1) is 43.4 Å². The zero-order chi connectivity index (χ0) is 62.1. The van der Waals surface area contributed by atoms with Crippen molar-refractivity contribution in [1.29, 1.82) is 0 Å². The molecule has 6 heterocycles. The number of hydrogen-bond donors (Lipinski definition) is 9. The third kappa shape index (κ3) is 13.1.